The number of aliphatic carboxylic acids is 1. The molecule has 1 unspecified atom stereocenters. The molecule has 0 aromatic heterocycles. The number of carbonyl (C=O) groups excluding carboxylic acids is 1. The fourth-order valence-electron chi connectivity index (χ4n) is 2.61. The molecule has 2 aromatic rings. The zero-order valence-electron chi connectivity index (χ0n) is 14.3. The molecule has 2 rings (SSSR count). The largest absolute Gasteiger partial charge is 0.496 e. The number of nitrogens with one attached hydrogen (secondary N) is 1. The van der Waals surface area contributed by atoms with E-state index in [9.17, 15) is 14.7 Å². The van der Waals surface area contributed by atoms with Gasteiger partial charge in [0.25, 0.3) is 0 Å². The number of hydrogen-bond acceptors (Lipinski definition) is 3. The number of benzene rings is 2. The van der Waals surface area contributed by atoms with Crippen LogP contribution in [0.1, 0.15) is 17.5 Å². The Bertz CT molecular complexity index is 700. The third-order valence-corrected chi connectivity index (χ3v) is 4.04. The number of hydrogen-bond donors (Lipinski definition) is 2. The summed E-state index contributed by atoms with van der Waals surface area (Å²) in [5.74, 6) is -1.12. The number of rotatable bonds is 9. The number of ether oxygens (including phenoxy) is 1. The molecule has 0 aliphatic carbocycles. The molecule has 1 atom stereocenters. The summed E-state index contributed by atoms with van der Waals surface area (Å²) >= 11 is 0. The lowest BCUT2D eigenvalue weighted by molar-refractivity contribution is -0.141. The van der Waals surface area contributed by atoms with E-state index in [0.717, 1.165) is 11.1 Å². The first kappa shape index (κ1) is 18.5. The van der Waals surface area contributed by atoms with Gasteiger partial charge in [-0.05, 0) is 30.0 Å². The highest BCUT2D eigenvalue weighted by Crippen LogP contribution is 2.21. The molecule has 0 fully saturated rings. The van der Waals surface area contributed by atoms with Gasteiger partial charge in [0.2, 0.25) is 5.91 Å². The van der Waals surface area contributed by atoms with Crippen molar-refractivity contribution in [1.82, 2.24) is 5.32 Å². The lowest BCUT2D eigenvalue weighted by Crippen LogP contribution is -2.34. The Morgan fingerprint density at radius 1 is 1.08 bits per heavy atom. The molecule has 25 heavy (non-hydrogen) atoms. The second-order valence-corrected chi connectivity index (χ2v) is 5.84. The predicted molar refractivity (Wildman–Crippen MR) is 95.6 cm³/mol. The van der Waals surface area contributed by atoms with Crippen molar-refractivity contribution >= 4 is 11.9 Å². The Hall–Kier alpha value is -2.82. The first-order valence-corrected chi connectivity index (χ1v) is 8.25. The van der Waals surface area contributed by atoms with Crippen molar-refractivity contribution in [1.29, 1.82) is 0 Å². The van der Waals surface area contributed by atoms with Crippen molar-refractivity contribution in [2.75, 3.05) is 13.7 Å². The fraction of sp³-hybridized carbons (Fsp3) is 0.300. The Kier molecular flexibility index (Phi) is 7.01. The summed E-state index contributed by atoms with van der Waals surface area (Å²) in [5, 5.41) is 12.2. The first-order chi connectivity index (χ1) is 12.1. The van der Waals surface area contributed by atoms with Gasteiger partial charge in [-0.15, -0.1) is 0 Å². The van der Waals surface area contributed by atoms with Crippen molar-refractivity contribution in [3.8, 4) is 5.75 Å². The number of amides is 1. The lowest BCUT2D eigenvalue weighted by Gasteiger charge is -2.15. The molecule has 0 saturated carbocycles. The monoisotopic (exact) mass is 341 g/mol. The van der Waals surface area contributed by atoms with E-state index in [-0.39, 0.29) is 12.5 Å². The van der Waals surface area contributed by atoms with Crippen LogP contribution in [0.15, 0.2) is 54.6 Å². The van der Waals surface area contributed by atoms with Crippen molar-refractivity contribution < 1.29 is 19.4 Å². The molecule has 0 bridgehead atoms. The molecule has 5 heteroatoms. The molecule has 0 heterocycles. The van der Waals surface area contributed by atoms with Gasteiger partial charge in [0.15, 0.2) is 0 Å². The molecule has 0 radical (unpaired) electrons. The van der Waals surface area contributed by atoms with Crippen LogP contribution in [-0.2, 0) is 22.4 Å². The van der Waals surface area contributed by atoms with Crippen LogP contribution in [-0.4, -0.2) is 30.6 Å². The minimum atomic E-state index is -0.936. The van der Waals surface area contributed by atoms with E-state index in [0.29, 0.717) is 25.0 Å². The third-order valence-electron chi connectivity index (χ3n) is 4.04. The van der Waals surface area contributed by atoms with Gasteiger partial charge in [0.1, 0.15) is 5.75 Å². The van der Waals surface area contributed by atoms with Gasteiger partial charge in [-0.3, -0.25) is 9.59 Å². The van der Waals surface area contributed by atoms with Crippen LogP contribution in [0.3, 0.4) is 0 Å². The molecule has 1 amide bonds. The summed E-state index contributed by atoms with van der Waals surface area (Å²) in [4.78, 5) is 23.5. The van der Waals surface area contributed by atoms with E-state index < -0.39 is 11.9 Å². The van der Waals surface area contributed by atoms with E-state index >= 15 is 0 Å². The minimum absolute atomic E-state index is 0.0982. The van der Waals surface area contributed by atoms with E-state index in [1.165, 1.54) is 0 Å². The maximum atomic E-state index is 12.0. The van der Waals surface area contributed by atoms with Crippen LogP contribution in [0.5, 0.6) is 5.75 Å². The summed E-state index contributed by atoms with van der Waals surface area (Å²) in [7, 11) is 1.56. The highest BCUT2D eigenvalue weighted by molar-refractivity contribution is 5.77. The SMILES string of the molecule is COc1ccccc1CC(CNC(=O)CCc1ccccc1)C(=O)O. The Labute approximate surface area is 147 Å². The second-order valence-electron chi connectivity index (χ2n) is 5.84. The van der Waals surface area contributed by atoms with Gasteiger partial charge in [0, 0.05) is 13.0 Å². The molecule has 2 N–H and O–H groups in total. The van der Waals surface area contributed by atoms with Crippen LogP contribution in [0.2, 0.25) is 0 Å². The number of carboxylic acid groups (broad SMARTS) is 1. The van der Waals surface area contributed by atoms with E-state index in [4.69, 9.17) is 4.74 Å². The molecule has 0 spiro atoms. The molecule has 132 valence electrons. The zero-order chi connectivity index (χ0) is 18.1. The maximum absolute atomic E-state index is 12.0. The standard InChI is InChI=1S/C20H23NO4/c1-25-18-10-6-5-9-16(18)13-17(20(23)24)14-21-19(22)12-11-15-7-3-2-4-8-15/h2-10,17H,11-14H2,1H3,(H,21,22)(H,23,24). The van der Waals surface area contributed by atoms with Crippen molar-refractivity contribution in [2.24, 2.45) is 5.92 Å². The minimum Gasteiger partial charge on any atom is -0.496 e. The van der Waals surface area contributed by atoms with Crippen LogP contribution < -0.4 is 10.1 Å². The van der Waals surface area contributed by atoms with E-state index in [1.807, 2.05) is 48.5 Å². The molecule has 0 aliphatic rings. The van der Waals surface area contributed by atoms with Gasteiger partial charge in [-0.2, -0.15) is 0 Å². The van der Waals surface area contributed by atoms with Crippen molar-refractivity contribution in [2.45, 2.75) is 19.3 Å². The summed E-state index contributed by atoms with van der Waals surface area (Å²) < 4.78 is 5.26. The summed E-state index contributed by atoms with van der Waals surface area (Å²) in [6.07, 6.45) is 1.28. The highest BCUT2D eigenvalue weighted by Gasteiger charge is 2.20. The number of para-hydroxylation sites is 1. The second kappa shape index (κ2) is 9.47. The van der Waals surface area contributed by atoms with Gasteiger partial charge < -0.3 is 15.2 Å². The van der Waals surface area contributed by atoms with Crippen LogP contribution in [0.25, 0.3) is 0 Å². The molecule has 0 aliphatic heterocycles. The summed E-state index contributed by atoms with van der Waals surface area (Å²) in [6, 6.07) is 17.0. The molecular formula is C20H23NO4. The summed E-state index contributed by atoms with van der Waals surface area (Å²) in [5.41, 5.74) is 1.90. The van der Waals surface area contributed by atoms with Gasteiger partial charge in [-0.1, -0.05) is 48.5 Å². The van der Waals surface area contributed by atoms with Gasteiger partial charge >= 0.3 is 5.97 Å². The molecular weight excluding hydrogens is 318 g/mol. The van der Waals surface area contributed by atoms with Crippen LogP contribution in [0.4, 0.5) is 0 Å². The van der Waals surface area contributed by atoms with Crippen LogP contribution >= 0.6 is 0 Å². The number of methoxy groups -OCH3 is 1. The van der Waals surface area contributed by atoms with Gasteiger partial charge in [-0.25, -0.2) is 0 Å². The van der Waals surface area contributed by atoms with Crippen molar-refractivity contribution in [3.63, 3.8) is 0 Å². The van der Waals surface area contributed by atoms with E-state index in [2.05, 4.69) is 5.32 Å². The molecule has 2 aromatic carbocycles. The fourth-order valence-corrected chi connectivity index (χ4v) is 2.61. The predicted octanol–water partition coefficient (Wildman–Crippen LogP) is 2.69. The van der Waals surface area contributed by atoms with Gasteiger partial charge in [0.05, 0.1) is 13.0 Å². The maximum Gasteiger partial charge on any atom is 0.308 e. The highest BCUT2D eigenvalue weighted by atomic mass is 16.5. The molecule has 0 saturated heterocycles. The summed E-state index contributed by atoms with van der Waals surface area (Å²) in [6.45, 7) is 0.0982. The first-order valence-electron chi connectivity index (χ1n) is 8.25. The molecule has 5 nitrogen and oxygen atoms in total. The third kappa shape index (κ3) is 5.95. The van der Waals surface area contributed by atoms with Crippen LogP contribution in [0, 0.1) is 5.92 Å². The quantitative estimate of drug-likeness (QED) is 0.735. The zero-order valence-corrected chi connectivity index (χ0v) is 14.3. The topological polar surface area (TPSA) is 75.6 Å². The Morgan fingerprint density at radius 2 is 1.76 bits per heavy atom. The number of carbonyl (C=O) groups is 2. The number of carboxylic acids is 1. The normalized spacial score (nSPS) is 11.6. The average molecular weight is 341 g/mol. The Morgan fingerprint density at radius 3 is 2.44 bits per heavy atom. The lowest BCUT2D eigenvalue weighted by atomic mass is 9.98. The average Bonchev–Trinajstić information content (AvgIpc) is 2.64. The number of aryl methyl sites for hydroxylation is 1. The van der Waals surface area contributed by atoms with E-state index in [1.54, 1.807) is 13.2 Å². The smallest absolute Gasteiger partial charge is 0.308 e. The van der Waals surface area contributed by atoms with Crippen molar-refractivity contribution in [3.05, 3.63) is 65.7 Å². The Balaban J connectivity index is 1.86.